The molecule has 0 aliphatic heterocycles. The number of anilines is 1. The van der Waals surface area contributed by atoms with Crippen LogP contribution in [0.1, 0.15) is 19.3 Å². The molecule has 2 rings (SSSR count). The van der Waals surface area contributed by atoms with Crippen molar-refractivity contribution in [2.45, 2.75) is 30.2 Å². The number of nitrogen functional groups attached to an aromatic ring is 1. The standard InChI is InChI=1S/C13H20N2O4S/c1-19-10-5-6-13(11(14)7-10)20(17,18)15-12-4-2-3-9(12)8-16/h5-7,9,12,15-16H,2-4,8,14H2,1H3. The molecule has 6 nitrogen and oxygen atoms in total. The van der Waals surface area contributed by atoms with Gasteiger partial charge in [0.1, 0.15) is 10.6 Å². The number of rotatable bonds is 5. The Bertz CT molecular complexity index is 574. The first-order valence-electron chi connectivity index (χ1n) is 6.54. The zero-order valence-electron chi connectivity index (χ0n) is 11.4. The predicted octanol–water partition coefficient (Wildman–Crippen LogP) is 0.717. The first-order chi connectivity index (χ1) is 9.47. The van der Waals surface area contributed by atoms with Crippen molar-refractivity contribution < 1.29 is 18.3 Å². The summed E-state index contributed by atoms with van der Waals surface area (Å²) in [5.74, 6) is 0.486. The molecule has 1 aromatic carbocycles. The van der Waals surface area contributed by atoms with Gasteiger partial charge in [-0.05, 0) is 30.9 Å². The summed E-state index contributed by atoms with van der Waals surface area (Å²) in [5.41, 5.74) is 5.92. The lowest BCUT2D eigenvalue weighted by atomic mass is 10.1. The van der Waals surface area contributed by atoms with Gasteiger partial charge in [0.05, 0.1) is 12.8 Å². The van der Waals surface area contributed by atoms with Crippen LogP contribution in [0.25, 0.3) is 0 Å². The third-order valence-electron chi connectivity index (χ3n) is 3.71. The Labute approximate surface area is 119 Å². The molecule has 1 aromatic rings. The van der Waals surface area contributed by atoms with E-state index in [4.69, 9.17) is 10.5 Å². The van der Waals surface area contributed by atoms with Crippen LogP contribution in [0.4, 0.5) is 5.69 Å². The predicted molar refractivity (Wildman–Crippen MR) is 75.9 cm³/mol. The maximum atomic E-state index is 12.4. The van der Waals surface area contributed by atoms with Gasteiger partial charge in [-0.2, -0.15) is 0 Å². The Morgan fingerprint density at radius 2 is 2.20 bits per heavy atom. The van der Waals surface area contributed by atoms with E-state index < -0.39 is 10.0 Å². The summed E-state index contributed by atoms with van der Waals surface area (Å²) in [6.45, 7) is -0.00865. The number of methoxy groups -OCH3 is 1. The van der Waals surface area contributed by atoms with E-state index in [9.17, 15) is 13.5 Å². The molecule has 7 heteroatoms. The molecule has 0 spiro atoms. The minimum atomic E-state index is -3.68. The maximum Gasteiger partial charge on any atom is 0.242 e. The molecule has 1 fully saturated rings. The molecule has 112 valence electrons. The molecule has 2 unspecified atom stereocenters. The minimum Gasteiger partial charge on any atom is -0.497 e. The van der Waals surface area contributed by atoms with Crippen LogP contribution in [0.5, 0.6) is 5.75 Å². The summed E-state index contributed by atoms with van der Waals surface area (Å²) < 4.78 is 32.4. The Morgan fingerprint density at radius 1 is 1.45 bits per heavy atom. The molecule has 0 aromatic heterocycles. The first-order valence-corrected chi connectivity index (χ1v) is 8.03. The van der Waals surface area contributed by atoms with Crippen molar-refractivity contribution in [3.05, 3.63) is 18.2 Å². The van der Waals surface area contributed by atoms with Gasteiger partial charge < -0.3 is 15.6 Å². The second-order valence-corrected chi connectivity index (χ2v) is 6.69. The zero-order valence-corrected chi connectivity index (χ0v) is 12.2. The van der Waals surface area contributed by atoms with E-state index in [1.807, 2.05) is 0 Å². The largest absolute Gasteiger partial charge is 0.497 e. The molecule has 4 N–H and O–H groups in total. The van der Waals surface area contributed by atoms with Crippen LogP contribution in [-0.2, 0) is 10.0 Å². The van der Waals surface area contributed by atoms with Crippen LogP contribution in [0.15, 0.2) is 23.1 Å². The summed E-state index contributed by atoms with van der Waals surface area (Å²) in [5, 5.41) is 9.25. The number of nitrogens with one attached hydrogen (secondary N) is 1. The van der Waals surface area contributed by atoms with E-state index in [2.05, 4.69) is 4.72 Å². The summed E-state index contributed by atoms with van der Waals surface area (Å²) in [6.07, 6.45) is 2.48. The highest BCUT2D eigenvalue weighted by molar-refractivity contribution is 7.89. The topological polar surface area (TPSA) is 102 Å². The van der Waals surface area contributed by atoms with Crippen LogP contribution in [0, 0.1) is 5.92 Å². The van der Waals surface area contributed by atoms with E-state index in [1.54, 1.807) is 6.07 Å². The SMILES string of the molecule is COc1ccc(S(=O)(=O)NC2CCCC2CO)c(N)c1. The Balaban J connectivity index is 2.22. The van der Waals surface area contributed by atoms with Gasteiger partial charge in [0.15, 0.2) is 0 Å². The summed E-state index contributed by atoms with van der Waals surface area (Å²) in [4.78, 5) is 0.0434. The fourth-order valence-electron chi connectivity index (χ4n) is 2.57. The lowest BCUT2D eigenvalue weighted by Gasteiger charge is -2.19. The smallest absolute Gasteiger partial charge is 0.242 e. The summed E-state index contributed by atoms with van der Waals surface area (Å²) in [6, 6.07) is 4.24. The lowest BCUT2D eigenvalue weighted by Crippen LogP contribution is -2.38. The second kappa shape index (κ2) is 5.99. The molecule has 20 heavy (non-hydrogen) atoms. The van der Waals surface area contributed by atoms with Crippen molar-refractivity contribution in [2.24, 2.45) is 5.92 Å². The van der Waals surface area contributed by atoms with E-state index in [0.29, 0.717) is 5.75 Å². The number of hydrogen-bond donors (Lipinski definition) is 3. The van der Waals surface area contributed by atoms with Crippen LogP contribution in [-0.4, -0.2) is 33.3 Å². The number of sulfonamides is 1. The van der Waals surface area contributed by atoms with E-state index in [1.165, 1.54) is 19.2 Å². The highest BCUT2D eigenvalue weighted by Gasteiger charge is 2.31. The number of ether oxygens (including phenoxy) is 1. The average Bonchev–Trinajstić information content (AvgIpc) is 2.84. The molecule has 0 bridgehead atoms. The van der Waals surface area contributed by atoms with E-state index in [0.717, 1.165) is 19.3 Å². The van der Waals surface area contributed by atoms with E-state index >= 15 is 0 Å². The highest BCUT2D eigenvalue weighted by atomic mass is 32.2. The third kappa shape index (κ3) is 3.05. The number of hydrogen-bond acceptors (Lipinski definition) is 5. The molecule has 1 aliphatic carbocycles. The van der Waals surface area contributed by atoms with Gasteiger partial charge in [0, 0.05) is 18.7 Å². The highest BCUT2D eigenvalue weighted by Crippen LogP contribution is 2.28. The molecule has 0 saturated heterocycles. The minimum absolute atomic E-state index is 0.00865. The number of aliphatic hydroxyl groups excluding tert-OH is 1. The first kappa shape index (κ1) is 15.1. The maximum absolute atomic E-state index is 12.4. The number of benzene rings is 1. The summed E-state index contributed by atoms with van der Waals surface area (Å²) >= 11 is 0. The molecule has 0 amide bonds. The van der Waals surface area contributed by atoms with Gasteiger partial charge in [-0.3, -0.25) is 0 Å². The van der Waals surface area contributed by atoms with Crippen molar-refractivity contribution in [3.63, 3.8) is 0 Å². The molecule has 0 heterocycles. The van der Waals surface area contributed by atoms with Gasteiger partial charge in [-0.1, -0.05) is 6.42 Å². The van der Waals surface area contributed by atoms with Crippen molar-refractivity contribution in [1.29, 1.82) is 0 Å². The molecular weight excluding hydrogens is 280 g/mol. The monoisotopic (exact) mass is 300 g/mol. The molecule has 1 saturated carbocycles. The summed E-state index contributed by atoms with van der Waals surface area (Å²) in [7, 11) is -2.19. The second-order valence-electron chi connectivity index (χ2n) is 5.01. The quantitative estimate of drug-likeness (QED) is 0.695. The van der Waals surface area contributed by atoms with Gasteiger partial charge in [-0.25, -0.2) is 13.1 Å². The van der Waals surface area contributed by atoms with Gasteiger partial charge >= 0.3 is 0 Å². The third-order valence-corrected chi connectivity index (χ3v) is 5.27. The molecule has 0 radical (unpaired) electrons. The molecule has 1 aliphatic rings. The Morgan fingerprint density at radius 3 is 2.80 bits per heavy atom. The lowest BCUT2D eigenvalue weighted by molar-refractivity contribution is 0.213. The van der Waals surface area contributed by atoms with Crippen LogP contribution in [0.2, 0.25) is 0 Å². The van der Waals surface area contributed by atoms with Gasteiger partial charge in [0.2, 0.25) is 10.0 Å². The van der Waals surface area contributed by atoms with Crippen molar-refractivity contribution in [3.8, 4) is 5.75 Å². The molecule has 2 atom stereocenters. The van der Waals surface area contributed by atoms with Crippen LogP contribution in [0.3, 0.4) is 0 Å². The van der Waals surface area contributed by atoms with Crippen LogP contribution >= 0.6 is 0 Å². The number of aliphatic hydroxyl groups is 1. The fourth-order valence-corrected chi connectivity index (χ4v) is 4.02. The van der Waals surface area contributed by atoms with Crippen LogP contribution < -0.4 is 15.2 Å². The number of nitrogens with two attached hydrogens (primary N) is 1. The molecular formula is C13H20N2O4S. The van der Waals surface area contributed by atoms with E-state index in [-0.39, 0.29) is 29.1 Å². The zero-order chi connectivity index (χ0) is 14.8. The normalized spacial score (nSPS) is 22.9. The fraction of sp³-hybridized carbons (Fsp3) is 0.538. The Hall–Kier alpha value is -1.31. The van der Waals surface area contributed by atoms with Crippen molar-refractivity contribution >= 4 is 15.7 Å². The van der Waals surface area contributed by atoms with Gasteiger partial charge in [0.25, 0.3) is 0 Å². The Kier molecular flexibility index (Phi) is 4.52. The van der Waals surface area contributed by atoms with Gasteiger partial charge in [-0.15, -0.1) is 0 Å². The van der Waals surface area contributed by atoms with Crippen molar-refractivity contribution in [1.82, 2.24) is 4.72 Å². The average molecular weight is 300 g/mol. The van der Waals surface area contributed by atoms with Crippen molar-refractivity contribution in [2.75, 3.05) is 19.5 Å².